The summed E-state index contributed by atoms with van der Waals surface area (Å²) in [6.45, 7) is -0.434. The van der Waals surface area contributed by atoms with Gasteiger partial charge in [0.1, 0.15) is 17.6 Å². The number of hydrogen-bond donors (Lipinski definition) is 6. The summed E-state index contributed by atoms with van der Waals surface area (Å²) in [6.07, 6.45) is 9.12. The number of nitrogens with zero attached hydrogens (tertiary/aromatic N) is 2. The third-order valence-corrected chi connectivity index (χ3v) is 14.0. The SMILES string of the molecule is O=S(=O)(O)CC(O)CN1C(=CC=CC=CC=C2CCC3C2=[N+](CC(O)CS(=O)(=O)O)c2ccc(SOO)cc23)C(c2ccccc2)(c2ccccc2)c2cc(S(=O)(=O)O)ccc21. The van der Waals surface area contributed by atoms with Crippen LogP contribution in [0.2, 0.25) is 0 Å². The molecule has 4 aromatic rings. The number of hydrogen-bond acceptors (Lipinski definition) is 12. The monoisotopic (exact) mass is 923 g/mol. The Kier molecular flexibility index (Phi) is 13.2. The average molecular weight is 924 g/mol. The zero-order valence-corrected chi connectivity index (χ0v) is 36.0. The molecule has 0 saturated heterocycles. The summed E-state index contributed by atoms with van der Waals surface area (Å²) in [6, 6.07) is 27.8. The largest absolute Gasteiger partial charge is 0.390 e. The molecule has 19 heteroatoms. The van der Waals surface area contributed by atoms with Crippen molar-refractivity contribution >= 4 is 59.5 Å². The summed E-state index contributed by atoms with van der Waals surface area (Å²) in [5, 5.41) is 30.8. The van der Waals surface area contributed by atoms with E-state index < -0.39 is 59.5 Å². The highest BCUT2D eigenvalue weighted by Crippen LogP contribution is 2.56. The topological polar surface area (TPSA) is 239 Å². The molecule has 1 fully saturated rings. The van der Waals surface area contributed by atoms with Crippen molar-refractivity contribution in [3.05, 3.63) is 167 Å². The Balaban J connectivity index is 1.31. The van der Waals surface area contributed by atoms with E-state index in [1.165, 1.54) is 18.2 Å². The molecule has 0 radical (unpaired) electrons. The number of benzene rings is 4. The van der Waals surface area contributed by atoms with Crippen LogP contribution in [-0.4, -0.2) is 101 Å². The molecule has 1 aliphatic carbocycles. The third kappa shape index (κ3) is 9.58. The van der Waals surface area contributed by atoms with Crippen LogP contribution in [0, 0.1) is 0 Å². The van der Waals surface area contributed by atoms with E-state index in [1.807, 2.05) is 83.5 Å². The zero-order valence-electron chi connectivity index (χ0n) is 32.7. The summed E-state index contributed by atoms with van der Waals surface area (Å²) in [7, 11) is -13.7. The number of β-amino-alcohol motifs (C(OH)–C–C–N with tert-alkyl or cyclic N) is 2. The van der Waals surface area contributed by atoms with Crippen molar-refractivity contribution in [1.29, 1.82) is 0 Å². The van der Waals surface area contributed by atoms with Gasteiger partial charge in [0.15, 0.2) is 12.3 Å². The van der Waals surface area contributed by atoms with Crippen LogP contribution >= 0.6 is 12.0 Å². The fraction of sp³-hybridized carbons (Fsp3) is 0.233. The molecule has 326 valence electrons. The van der Waals surface area contributed by atoms with Crippen LogP contribution in [0.5, 0.6) is 0 Å². The predicted octanol–water partition coefficient (Wildman–Crippen LogP) is 5.68. The highest BCUT2D eigenvalue weighted by molar-refractivity contribution is 7.94. The van der Waals surface area contributed by atoms with E-state index >= 15 is 0 Å². The molecule has 0 bridgehead atoms. The minimum Gasteiger partial charge on any atom is -0.390 e. The maximum atomic E-state index is 12.6. The lowest BCUT2D eigenvalue weighted by Gasteiger charge is -2.35. The smallest absolute Gasteiger partial charge is 0.294 e. The van der Waals surface area contributed by atoms with E-state index in [-0.39, 0.29) is 23.9 Å². The van der Waals surface area contributed by atoms with Crippen LogP contribution in [0.15, 0.2) is 155 Å². The van der Waals surface area contributed by atoms with Gasteiger partial charge in [0.2, 0.25) is 5.69 Å². The van der Waals surface area contributed by atoms with Crippen LogP contribution in [0.25, 0.3) is 0 Å². The van der Waals surface area contributed by atoms with Crippen molar-refractivity contribution in [2.45, 2.75) is 46.2 Å². The van der Waals surface area contributed by atoms with Gasteiger partial charge in [-0.1, -0.05) is 91.0 Å². The van der Waals surface area contributed by atoms with Gasteiger partial charge in [-0.05, 0) is 65.9 Å². The molecular formula is C43H43N2O13S4+. The van der Waals surface area contributed by atoms with Gasteiger partial charge in [0.05, 0.1) is 34.4 Å². The second-order valence-electron chi connectivity index (χ2n) is 15.0. The van der Waals surface area contributed by atoms with Crippen LogP contribution in [0.4, 0.5) is 11.4 Å². The summed E-state index contributed by atoms with van der Waals surface area (Å²) < 4.78 is 107. The highest BCUT2D eigenvalue weighted by Gasteiger charge is 2.51. The van der Waals surface area contributed by atoms with Gasteiger partial charge >= 0.3 is 0 Å². The first-order valence-corrected chi connectivity index (χ1v) is 24.6. The first kappa shape index (κ1) is 45.3. The van der Waals surface area contributed by atoms with Gasteiger partial charge < -0.3 is 15.1 Å². The molecule has 0 amide bonds. The Morgan fingerprint density at radius 2 is 1.39 bits per heavy atom. The maximum absolute atomic E-state index is 12.6. The average Bonchev–Trinajstić information content (AvgIpc) is 3.83. The number of anilines is 1. The number of allylic oxidation sites excluding steroid dienone is 8. The van der Waals surface area contributed by atoms with Gasteiger partial charge in [0.25, 0.3) is 30.4 Å². The Bertz CT molecular complexity index is 2800. The van der Waals surface area contributed by atoms with Crippen LogP contribution in [-0.2, 0) is 40.1 Å². The van der Waals surface area contributed by atoms with E-state index in [2.05, 4.69) is 4.33 Å². The van der Waals surface area contributed by atoms with Crippen LogP contribution in [0.1, 0.15) is 41.0 Å². The summed E-state index contributed by atoms with van der Waals surface area (Å²) in [5.74, 6) is -1.91. The Hall–Kier alpha value is -4.77. The van der Waals surface area contributed by atoms with Gasteiger partial charge in [-0.25, -0.2) is 5.26 Å². The molecule has 62 heavy (non-hydrogen) atoms. The molecule has 15 nitrogen and oxygen atoms in total. The number of rotatable bonds is 16. The molecule has 6 N–H and O–H groups in total. The van der Waals surface area contributed by atoms with Crippen LogP contribution in [0.3, 0.4) is 0 Å². The lowest BCUT2D eigenvalue weighted by atomic mass is 9.68. The molecule has 3 aliphatic rings. The second-order valence-corrected chi connectivity index (χ2v) is 20.2. The van der Waals surface area contributed by atoms with E-state index in [4.69, 9.17) is 5.26 Å². The molecule has 2 heterocycles. The fourth-order valence-electron chi connectivity index (χ4n) is 8.80. The van der Waals surface area contributed by atoms with Gasteiger partial charge in [-0.15, -0.1) is 0 Å². The lowest BCUT2D eigenvalue weighted by Crippen LogP contribution is -2.39. The molecule has 1 saturated carbocycles. The van der Waals surface area contributed by atoms with E-state index in [1.54, 1.807) is 41.3 Å². The molecule has 3 atom stereocenters. The molecule has 4 aromatic carbocycles. The highest BCUT2D eigenvalue weighted by atomic mass is 32.2. The van der Waals surface area contributed by atoms with Crippen molar-refractivity contribution in [2.24, 2.45) is 0 Å². The minimum absolute atomic E-state index is 0.0984. The van der Waals surface area contributed by atoms with Crippen LogP contribution < -0.4 is 4.90 Å². The van der Waals surface area contributed by atoms with E-state index in [0.717, 1.165) is 34.6 Å². The normalized spacial score (nSPS) is 19.8. The summed E-state index contributed by atoms with van der Waals surface area (Å²) in [5.41, 5.74) is 4.90. The fourth-order valence-corrected chi connectivity index (χ4v) is 10.9. The number of aliphatic hydroxyl groups is 2. The molecule has 3 unspecified atom stereocenters. The minimum atomic E-state index is -4.69. The van der Waals surface area contributed by atoms with E-state index in [9.17, 15) is 49.1 Å². The van der Waals surface area contributed by atoms with Gasteiger partial charge in [-0.2, -0.15) is 34.2 Å². The maximum Gasteiger partial charge on any atom is 0.294 e. The first-order valence-electron chi connectivity index (χ1n) is 19.2. The van der Waals surface area contributed by atoms with Crippen molar-refractivity contribution in [2.75, 3.05) is 29.5 Å². The predicted molar refractivity (Wildman–Crippen MR) is 233 cm³/mol. The number of fused-ring (bicyclic) bond motifs is 4. The standard InChI is InChI=1S/C43H42N2O13S4/c46-32(27-60(49,50)51)25-44-40-22-19-35(62(55,56)57)24-38(40)43(30-12-6-3-7-13-30,31-14-8-4-9-15-31)41(44)16-10-2-1-5-11-29-17-20-36-37-23-34(59-58-48)18-21-39(37)45(42(29)36)26-33(47)28-61(52,53)54/h1-16,18-19,21-24,32-33,36,46-47H,17,20,25-28H2,(H3-,48,49,50,51,52,53,54,55,56,57)/p+1. The van der Waals surface area contributed by atoms with Gasteiger partial charge in [-0.3, -0.25) is 13.7 Å². The van der Waals surface area contributed by atoms with Crippen molar-refractivity contribution in [3.8, 4) is 0 Å². The van der Waals surface area contributed by atoms with Crippen molar-refractivity contribution < 1.29 is 63.3 Å². The Morgan fingerprint density at radius 3 is 1.98 bits per heavy atom. The number of aliphatic hydroxyl groups excluding tert-OH is 2. The molecule has 0 spiro atoms. The quantitative estimate of drug-likeness (QED) is 0.0198. The van der Waals surface area contributed by atoms with E-state index in [0.29, 0.717) is 45.8 Å². The Morgan fingerprint density at radius 1 is 0.774 bits per heavy atom. The lowest BCUT2D eigenvalue weighted by molar-refractivity contribution is -0.448. The third-order valence-electron chi connectivity index (χ3n) is 11.0. The van der Waals surface area contributed by atoms with Gasteiger partial charge in [0, 0.05) is 40.0 Å². The molecular weight excluding hydrogens is 881 g/mol. The summed E-state index contributed by atoms with van der Waals surface area (Å²) >= 11 is 0.774. The molecule has 7 rings (SSSR count). The second kappa shape index (κ2) is 18.1. The molecule has 2 aliphatic heterocycles. The Labute approximate surface area is 363 Å². The van der Waals surface area contributed by atoms with Crippen molar-refractivity contribution in [1.82, 2.24) is 0 Å². The van der Waals surface area contributed by atoms with Crippen molar-refractivity contribution in [3.63, 3.8) is 0 Å². The summed E-state index contributed by atoms with van der Waals surface area (Å²) in [4.78, 5) is 1.94. The first-order chi connectivity index (χ1) is 29.4. The molecule has 0 aromatic heterocycles. The zero-order chi connectivity index (χ0) is 44.5.